The van der Waals surface area contributed by atoms with E-state index in [0.29, 0.717) is 30.8 Å². The minimum absolute atomic E-state index is 0.327. The van der Waals surface area contributed by atoms with Crippen LogP contribution in [-0.2, 0) is 15.2 Å². The number of benzene rings is 2. The van der Waals surface area contributed by atoms with Gasteiger partial charge in [-0.05, 0) is 30.5 Å². The lowest BCUT2D eigenvalue weighted by Crippen LogP contribution is -2.39. The van der Waals surface area contributed by atoms with Crippen LogP contribution in [0.1, 0.15) is 18.4 Å². The van der Waals surface area contributed by atoms with Gasteiger partial charge in [0.25, 0.3) is 0 Å². The van der Waals surface area contributed by atoms with Gasteiger partial charge in [-0.15, -0.1) is 11.3 Å². The molecule has 2 aromatic carbocycles. The molecule has 4 nitrogen and oxygen atoms in total. The zero-order valence-electron chi connectivity index (χ0n) is 15.3. The van der Waals surface area contributed by atoms with Gasteiger partial charge >= 0.3 is 0 Å². The molecule has 0 radical (unpaired) electrons. The Morgan fingerprint density at radius 2 is 1.71 bits per heavy atom. The van der Waals surface area contributed by atoms with E-state index in [-0.39, 0.29) is 5.25 Å². The second-order valence-corrected chi connectivity index (χ2v) is 10.5. The van der Waals surface area contributed by atoms with Crippen LogP contribution in [-0.4, -0.2) is 31.7 Å². The first-order valence-electron chi connectivity index (χ1n) is 9.22. The Hall–Kier alpha value is -1.70. The van der Waals surface area contributed by atoms with Gasteiger partial charge < -0.3 is 4.90 Å². The van der Waals surface area contributed by atoms with E-state index in [4.69, 9.17) is 4.98 Å². The number of piperidine rings is 1. The van der Waals surface area contributed by atoms with E-state index in [1.165, 1.54) is 0 Å². The lowest BCUT2D eigenvalue weighted by Gasteiger charge is -2.31. The van der Waals surface area contributed by atoms with Crippen molar-refractivity contribution >= 4 is 42.2 Å². The van der Waals surface area contributed by atoms with Crippen LogP contribution in [0, 0.1) is 0 Å². The Morgan fingerprint density at radius 1 is 1.04 bits per heavy atom. The third-order valence-electron chi connectivity index (χ3n) is 5.12. The zero-order valence-corrected chi connectivity index (χ0v) is 18.5. The molecule has 0 unspecified atom stereocenters. The van der Waals surface area contributed by atoms with Gasteiger partial charge in [0.15, 0.2) is 15.0 Å². The van der Waals surface area contributed by atoms with Crippen LogP contribution in [0.5, 0.6) is 0 Å². The molecule has 28 heavy (non-hydrogen) atoms. The van der Waals surface area contributed by atoms with Crippen molar-refractivity contribution in [2.75, 3.05) is 18.0 Å². The average Bonchev–Trinajstić information content (AvgIpc) is 3.25. The van der Waals surface area contributed by atoms with Gasteiger partial charge in [0.05, 0.1) is 15.8 Å². The molecule has 4 rings (SSSR count). The molecule has 3 aromatic rings. The molecule has 2 heterocycles. The van der Waals surface area contributed by atoms with Crippen molar-refractivity contribution in [3.05, 3.63) is 65.5 Å². The smallest absolute Gasteiger partial charge is 0.185 e. The van der Waals surface area contributed by atoms with Gasteiger partial charge in [0, 0.05) is 29.4 Å². The summed E-state index contributed by atoms with van der Waals surface area (Å²) in [6, 6.07) is 17.3. The minimum atomic E-state index is -3.29. The van der Waals surface area contributed by atoms with E-state index in [9.17, 15) is 8.42 Å². The molecule has 1 aromatic heterocycles. The maximum absolute atomic E-state index is 13.0. The predicted octanol–water partition coefficient (Wildman–Crippen LogP) is 5.15. The number of nitrogens with zero attached hydrogens (tertiary/aromatic N) is 2. The van der Waals surface area contributed by atoms with Crippen molar-refractivity contribution in [3.8, 4) is 11.3 Å². The summed E-state index contributed by atoms with van der Waals surface area (Å²) in [6.45, 7) is 1.43. The average molecular weight is 477 g/mol. The SMILES string of the molecule is O=S(=O)(c1ccc(CBr)cc1)C1CCN(c2nc(-c3ccccc3)cs2)CC1. The first-order chi connectivity index (χ1) is 13.6. The summed E-state index contributed by atoms with van der Waals surface area (Å²) in [7, 11) is -3.29. The summed E-state index contributed by atoms with van der Waals surface area (Å²) in [5.41, 5.74) is 3.16. The minimum Gasteiger partial charge on any atom is -0.348 e. The van der Waals surface area contributed by atoms with E-state index in [1.54, 1.807) is 23.5 Å². The summed E-state index contributed by atoms with van der Waals surface area (Å²) >= 11 is 5.02. The number of anilines is 1. The van der Waals surface area contributed by atoms with Crippen LogP contribution < -0.4 is 4.90 Å². The molecule has 1 aliphatic rings. The summed E-state index contributed by atoms with van der Waals surface area (Å²) in [5, 5.41) is 3.44. The third kappa shape index (κ3) is 4.02. The monoisotopic (exact) mass is 476 g/mol. The molecular weight excluding hydrogens is 456 g/mol. The van der Waals surface area contributed by atoms with Crippen molar-refractivity contribution < 1.29 is 8.42 Å². The number of hydrogen-bond donors (Lipinski definition) is 0. The lowest BCUT2D eigenvalue weighted by atomic mass is 10.1. The van der Waals surface area contributed by atoms with Crippen molar-refractivity contribution in [1.82, 2.24) is 4.98 Å². The molecule has 1 aliphatic heterocycles. The topological polar surface area (TPSA) is 50.3 Å². The third-order valence-corrected chi connectivity index (χ3v) is 8.95. The molecule has 0 N–H and O–H groups in total. The summed E-state index contributed by atoms with van der Waals surface area (Å²) in [4.78, 5) is 7.39. The van der Waals surface area contributed by atoms with E-state index in [2.05, 4.69) is 38.3 Å². The number of halogens is 1. The normalized spacial score (nSPS) is 15.7. The Kier molecular flexibility index (Phi) is 5.85. The van der Waals surface area contributed by atoms with Crippen molar-refractivity contribution in [2.24, 2.45) is 0 Å². The van der Waals surface area contributed by atoms with Crippen LogP contribution in [0.15, 0.2) is 64.9 Å². The fraction of sp³-hybridized carbons (Fsp3) is 0.286. The molecule has 0 aliphatic carbocycles. The molecular formula is C21H21BrN2O2S2. The highest BCUT2D eigenvalue weighted by Crippen LogP contribution is 2.31. The van der Waals surface area contributed by atoms with E-state index in [0.717, 1.165) is 27.3 Å². The van der Waals surface area contributed by atoms with Crippen LogP contribution >= 0.6 is 27.3 Å². The van der Waals surface area contributed by atoms with Crippen LogP contribution in [0.25, 0.3) is 11.3 Å². The molecule has 146 valence electrons. The van der Waals surface area contributed by atoms with Crippen molar-refractivity contribution in [1.29, 1.82) is 0 Å². The molecule has 0 bridgehead atoms. The predicted molar refractivity (Wildman–Crippen MR) is 119 cm³/mol. The number of aromatic nitrogens is 1. The first kappa shape index (κ1) is 19.6. The lowest BCUT2D eigenvalue weighted by molar-refractivity contribution is 0.529. The van der Waals surface area contributed by atoms with Crippen molar-refractivity contribution in [2.45, 2.75) is 28.3 Å². The Morgan fingerprint density at radius 3 is 2.36 bits per heavy atom. The Balaban J connectivity index is 1.44. The fourth-order valence-corrected chi connectivity index (χ4v) is 6.46. The number of hydrogen-bond acceptors (Lipinski definition) is 5. The van der Waals surface area contributed by atoms with Gasteiger partial charge in [-0.1, -0.05) is 58.4 Å². The summed E-state index contributed by atoms with van der Waals surface area (Å²) in [5.74, 6) is 0. The first-order valence-corrected chi connectivity index (χ1v) is 12.8. The Bertz CT molecular complexity index is 1030. The molecule has 0 amide bonds. The highest BCUT2D eigenvalue weighted by atomic mass is 79.9. The van der Waals surface area contributed by atoms with Gasteiger partial charge in [-0.25, -0.2) is 13.4 Å². The van der Waals surface area contributed by atoms with E-state index >= 15 is 0 Å². The van der Waals surface area contributed by atoms with E-state index < -0.39 is 9.84 Å². The number of sulfone groups is 1. The maximum Gasteiger partial charge on any atom is 0.185 e. The highest BCUT2D eigenvalue weighted by Gasteiger charge is 2.32. The molecule has 0 saturated carbocycles. The van der Waals surface area contributed by atoms with Gasteiger partial charge in [0.1, 0.15) is 0 Å². The van der Waals surface area contributed by atoms with Gasteiger partial charge in [0.2, 0.25) is 0 Å². The fourth-order valence-electron chi connectivity index (χ4n) is 3.47. The van der Waals surface area contributed by atoms with Crippen LogP contribution in [0.2, 0.25) is 0 Å². The second-order valence-electron chi connectivity index (χ2n) is 6.89. The number of alkyl halides is 1. The molecule has 7 heteroatoms. The standard InChI is InChI=1S/C21H21BrN2O2S2/c22-14-16-6-8-18(9-7-16)28(25,26)19-10-12-24(13-11-19)21-23-20(15-27-21)17-4-2-1-3-5-17/h1-9,15,19H,10-14H2. The zero-order chi connectivity index (χ0) is 19.6. The Labute approximate surface area is 178 Å². The molecule has 0 atom stereocenters. The van der Waals surface area contributed by atoms with E-state index in [1.807, 2.05) is 30.3 Å². The number of rotatable bonds is 5. The summed E-state index contributed by atoms with van der Waals surface area (Å²) in [6.07, 6.45) is 1.26. The van der Waals surface area contributed by atoms with Crippen LogP contribution in [0.4, 0.5) is 5.13 Å². The molecule has 1 saturated heterocycles. The molecule has 1 fully saturated rings. The quantitative estimate of drug-likeness (QED) is 0.477. The maximum atomic E-state index is 13.0. The van der Waals surface area contributed by atoms with Crippen LogP contribution in [0.3, 0.4) is 0 Å². The highest BCUT2D eigenvalue weighted by molar-refractivity contribution is 9.08. The summed E-state index contributed by atoms with van der Waals surface area (Å²) < 4.78 is 26.0. The number of thiazole rings is 1. The largest absolute Gasteiger partial charge is 0.348 e. The van der Waals surface area contributed by atoms with Gasteiger partial charge in [-0.3, -0.25) is 0 Å². The molecule has 0 spiro atoms. The van der Waals surface area contributed by atoms with Gasteiger partial charge in [-0.2, -0.15) is 0 Å². The second kappa shape index (κ2) is 8.35. The van der Waals surface area contributed by atoms with Crippen molar-refractivity contribution in [3.63, 3.8) is 0 Å².